The van der Waals surface area contributed by atoms with Gasteiger partial charge in [0.2, 0.25) is 5.95 Å². The highest BCUT2D eigenvalue weighted by molar-refractivity contribution is 5.98. The molecule has 0 fully saturated rings. The van der Waals surface area contributed by atoms with Gasteiger partial charge in [0.1, 0.15) is 0 Å². The Hall–Kier alpha value is -3.74. The number of carbonyl (C=O) groups is 1. The van der Waals surface area contributed by atoms with Crippen molar-refractivity contribution in [3.05, 3.63) is 60.6 Å². The van der Waals surface area contributed by atoms with Gasteiger partial charge in [-0.25, -0.2) is 9.78 Å². The molecular weight excluding hydrogens is 376 g/mol. The molecule has 0 saturated heterocycles. The minimum Gasteiger partial charge on any atom is -0.338 e. The molecule has 4 aromatic rings. The molecule has 7 heteroatoms. The number of nitrogens with zero attached hydrogens (tertiary/aromatic N) is 3. The molecule has 3 aromatic heterocycles. The lowest BCUT2D eigenvalue weighted by molar-refractivity contribution is 0.252. The standard InChI is InChI=1S/C23H24N6O/c1-3-7-15-8-6-11-26-20(15)18-12-17(16-9-5-10-24-14-16)13-19-21(18)28-22(27-19)29-23(30)25-4-2/h5-6,8-14H,3-4,7H2,1-2H3,(H3,25,27,28,29,30). The number of fused-ring (bicyclic) bond motifs is 1. The van der Waals surface area contributed by atoms with Crippen LogP contribution in [0, 0.1) is 0 Å². The maximum atomic E-state index is 12.0. The molecule has 0 spiro atoms. The van der Waals surface area contributed by atoms with Crippen molar-refractivity contribution in [2.75, 3.05) is 11.9 Å². The van der Waals surface area contributed by atoms with Crippen molar-refractivity contribution >= 4 is 23.0 Å². The van der Waals surface area contributed by atoms with Crippen LogP contribution in [0.25, 0.3) is 33.4 Å². The normalized spacial score (nSPS) is 10.9. The van der Waals surface area contributed by atoms with Crippen LogP contribution in [0.15, 0.2) is 55.0 Å². The second-order valence-electron chi connectivity index (χ2n) is 6.99. The summed E-state index contributed by atoms with van der Waals surface area (Å²) in [6.45, 7) is 4.56. The lowest BCUT2D eigenvalue weighted by Gasteiger charge is -2.10. The van der Waals surface area contributed by atoms with Crippen molar-refractivity contribution in [1.82, 2.24) is 25.3 Å². The van der Waals surface area contributed by atoms with Crippen LogP contribution in [0.4, 0.5) is 10.7 Å². The summed E-state index contributed by atoms with van der Waals surface area (Å²) in [5, 5.41) is 5.48. The van der Waals surface area contributed by atoms with E-state index >= 15 is 0 Å². The van der Waals surface area contributed by atoms with Crippen LogP contribution < -0.4 is 10.6 Å². The summed E-state index contributed by atoms with van der Waals surface area (Å²) in [5.41, 5.74) is 6.61. The summed E-state index contributed by atoms with van der Waals surface area (Å²) < 4.78 is 0. The number of aromatic amines is 1. The Morgan fingerprint density at radius 2 is 1.97 bits per heavy atom. The van der Waals surface area contributed by atoms with E-state index in [2.05, 4.69) is 49.6 Å². The number of hydrogen-bond acceptors (Lipinski definition) is 4. The van der Waals surface area contributed by atoms with Crippen molar-refractivity contribution in [2.24, 2.45) is 0 Å². The van der Waals surface area contributed by atoms with Gasteiger partial charge in [0.25, 0.3) is 0 Å². The zero-order valence-corrected chi connectivity index (χ0v) is 17.1. The number of aromatic nitrogens is 4. The van der Waals surface area contributed by atoms with Gasteiger partial charge in [0.05, 0.1) is 16.7 Å². The van der Waals surface area contributed by atoms with E-state index in [4.69, 9.17) is 0 Å². The SMILES string of the molecule is CCCc1cccnc1-c1cc(-c2cccnc2)cc2[nH]c(NC(=O)NCC)nc12. The van der Waals surface area contributed by atoms with Crippen LogP contribution >= 0.6 is 0 Å². The molecule has 2 amide bonds. The third kappa shape index (κ3) is 4.00. The number of rotatable bonds is 6. The first-order valence-corrected chi connectivity index (χ1v) is 10.1. The Bertz CT molecular complexity index is 1170. The van der Waals surface area contributed by atoms with E-state index in [0.717, 1.165) is 46.3 Å². The van der Waals surface area contributed by atoms with Gasteiger partial charge in [-0.2, -0.15) is 0 Å². The van der Waals surface area contributed by atoms with Crippen LogP contribution in [0.5, 0.6) is 0 Å². The highest BCUT2D eigenvalue weighted by atomic mass is 16.2. The van der Waals surface area contributed by atoms with E-state index in [9.17, 15) is 4.79 Å². The van der Waals surface area contributed by atoms with Crippen molar-refractivity contribution < 1.29 is 4.79 Å². The first-order chi connectivity index (χ1) is 14.7. The van der Waals surface area contributed by atoms with Gasteiger partial charge in [0, 0.05) is 36.3 Å². The summed E-state index contributed by atoms with van der Waals surface area (Å²) in [4.78, 5) is 28.8. The number of H-pyrrole nitrogens is 1. The zero-order valence-electron chi connectivity index (χ0n) is 17.1. The van der Waals surface area contributed by atoms with Gasteiger partial charge >= 0.3 is 6.03 Å². The van der Waals surface area contributed by atoms with Crippen LogP contribution in [0.3, 0.4) is 0 Å². The van der Waals surface area contributed by atoms with Gasteiger partial charge in [-0.3, -0.25) is 15.3 Å². The molecule has 0 bridgehead atoms. The molecule has 0 aliphatic rings. The Balaban J connectivity index is 1.90. The molecule has 0 unspecified atom stereocenters. The topological polar surface area (TPSA) is 95.6 Å². The second-order valence-corrected chi connectivity index (χ2v) is 6.99. The number of hydrogen-bond donors (Lipinski definition) is 3. The second kappa shape index (κ2) is 8.73. The maximum absolute atomic E-state index is 12.0. The summed E-state index contributed by atoms with van der Waals surface area (Å²) in [6.07, 6.45) is 7.34. The number of amides is 2. The van der Waals surface area contributed by atoms with E-state index in [1.165, 1.54) is 5.56 Å². The number of nitrogens with one attached hydrogen (secondary N) is 3. The van der Waals surface area contributed by atoms with Crippen molar-refractivity contribution in [2.45, 2.75) is 26.7 Å². The minimum absolute atomic E-state index is 0.296. The number of benzene rings is 1. The molecule has 30 heavy (non-hydrogen) atoms. The van der Waals surface area contributed by atoms with E-state index in [-0.39, 0.29) is 6.03 Å². The fourth-order valence-electron chi connectivity index (χ4n) is 3.52. The molecule has 0 aliphatic carbocycles. The Kier molecular flexibility index (Phi) is 5.70. The quantitative estimate of drug-likeness (QED) is 0.434. The predicted octanol–water partition coefficient (Wildman–Crippen LogP) is 4.78. The third-order valence-electron chi connectivity index (χ3n) is 4.82. The molecule has 0 aliphatic heterocycles. The molecule has 0 radical (unpaired) electrons. The van der Waals surface area contributed by atoms with E-state index in [1.807, 2.05) is 37.4 Å². The highest BCUT2D eigenvalue weighted by Crippen LogP contribution is 2.34. The molecule has 152 valence electrons. The minimum atomic E-state index is -0.296. The Morgan fingerprint density at radius 1 is 1.10 bits per heavy atom. The third-order valence-corrected chi connectivity index (χ3v) is 4.82. The lowest BCUT2D eigenvalue weighted by Crippen LogP contribution is -2.28. The highest BCUT2D eigenvalue weighted by Gasteiger charge is 2.16. The molecule has 1 aromatic carbocycles. The number of urea groups is 1. The monoisotopic (exact) mass is 400 g/mol. The lowest BCUT2D eigenvalue weighted by atomic mass is 9.97. The largest absolute Gasteiger partial charge is 0.338 e. The summed E-state index contributed by atoms with van der Waals surface area (Å²) >= 11 is 0. The number of anilines is 1. The van der Waals surface area contributed by atoms with Gasteiger partial charge in [0.15, 0.2) is 0 Å². The molecule has 4 rings (SSSR count). The number of carbonyl (C=O) groups excluding carboxylic acids is 1. The Labute approximate surface area is 175 Å². The van der Waals surface area contributed by atoms with Gasteiger partial charge in [-0.1, -0.05) is 25.5 Å². The van der Waals surface area contributed by atoms with E-state index < -0.39 is 0 Å². The van der Waals surface area contributed by atoms with Crippen LogP contribution in [-0.4, -0.2) is 32.5 Å². The van der Waals surface area contributed by atoms with Gasteiger partial charge in [-0.15, -0.1) is 0 Å². The van der Waals surface area contributed by atoms with Crippen molar-refractivity contribution in [3.63, 3.8) is 0 Å². The van der Waals surface area contributed by atoms with Gasteiger partial charge in [-0.05, 0) is 48.7 Å². The summed E-state index contributed by atoms with van der Waals surface area (Å²) in [6, 6.07) is 11.8. The number of imidazole rings is 1. The smallest absolute Gasteiger partial charge is 0.321 e. The zero-order chi connectivity index (χ0) is 20.9. The van der Waals surface area contributed by atoms with E-state index in [0.29, 0.717) is 12.5 Å². The van der Waals surface area contributed by atoms with Crippen LogP contribution in [0.1, 0.15) is 25.8 Å². The summed E-state index contributed by atoms with van der Waals surface area (Å²) in [5.74, 6) is 0.397. The molecule has 3 heterocycles. The first-order valence-electron chi connectivity index (χ1n) is 10.1. The fraction of sp³-hybridized carbons (Fsp3) is 0.217. The molecular formula is C23H24N6O. The average Bonchev–Trinajstić information content (AvgIpc) is 3.17. The fourth-order valence-corrected chi connectivity index (χ4v) is 3.52. The van der Waals surface area contributed by atoms with Crippen LogP contribution in [-0.2, 0) is 6.42 Å². The number of aryl methyl sites for hydroxylation is 1. The van der Waals surface area contributed by atoms with Crippen molar-refractivity contribution in [1.29, 1.82) is 0 Å². The molecule has 3 N–H and O–H groups in total. The molecule has 0 atom stereocenters. The Morgan fingerprint density at radius 3 is 2.73 bits per heavy atom. The van der Waals surface area contributed by atoms with Crippen LogP contribution in [0.2, 0.25) is 0 Å². The summed E-state index contributed by atoms with van der Waals surface area (Å²) in [7, 11) is 0. The first kappa shape index (κ1) is 19.6. The van der Waals surface area contributed by atoms with E-state index in [1.54, 1.807) is 12.4 Å². The number of pyridine rings is 2. The maximum Gasteiger partial charge on any atom is 0.321 e. The van der Waals surface area contributed by atoms with Crippen molar-refractivity contribution in [3.8, 4) is 22.4 Å². The molecule has 0 saturated carbocycles. The average molecular weight is 400 g/mol. The predicted molar refractivity (Wildman–Crippen MR) is 119 cm³/mol. The molecule has 7 nitrogen and oxygen atoms in total. The van der Waals surface area contributed by atoms with Gasteiger partial charge < -0.3 is 10.3 Å².